The van der Waals surface area contributed by atoms with Crippen LogP contribution in [0.15, 0.2) is 18.2 Å². The summed E-state index contributed by atoms with van der Waals surface area (Å²) in [5, 5.41) is 0. The molecule has 1 aromatic carbocycles. The molecule has 0 amide bonds. The van der Waals surface area contributed by atoms with Crippen LogP contribution in [0.3, 0.4) is 0 Å². The lowest BCUT2D eigenvalue weighted by atomic mass is 9.83. The third kappa shape index (κ3) is 2.77. The van der Waals surface area contributed by atoms with E-state index in [9.17, 15) is 0 Å². The van der Waals surface area contributed by atoms with Crippen molar-refractivity contribution in [2.75, 3.05) is 6.54 Å². The van der Waals surface area contributed by atoms with Gasteiger partial charge in [-0.1, -0.05) is 39.0 Å². The number of nitrogens with zero attached hydrogens (tertiary/aromatic N) is 1. The van der Waals surface area contributed by atoms with Crippen LogP contribution in [0.1, 0.15) is 58.2 Å². The van der Waals surface area contributed by atoms with Crippen LogP contribution in [0.2, 0.25) is 0 Å². The number of fused-ring (bicyclic) bond motifs is 1. The Kier molecular flexibility index (Phi) is 3.31. The Labute approximate surface area is 112 Å². The van der Waals surface area contributed by atoms with Crippen LogP contribution in [0.5, 0.6) is 0 Å². The Balaban J connectivity index is 2.31. The third-order valence-electron chi connectivity index (χ3n) is 4.03. The average Bonchev–Trinajstić information content (AvgIpc) is 2.25. The molecule has 0 saturated heterocycles. The highest BCUT2D eigenvalue weighted by Gasteiger charge is 2.26. The molecule has 1 heterocycles. The molecule has 18 heavy (non-hydrogen) atoms. The molecule has 1 aliphatic rings. The Bertz CT molecular complexity index is 432. The molecule has 0 aromatic heterocycles. The highest BCUT2D eigenvalue weighted by molar-refractivity contribution is 5.36. The standard InChI is InChI=1S/C17H27N/c1-16(2,3)15-8-7-13-9-10-18(17(4,5)6)12-14(13)11-15/h7-8,11H,9-10,12H2,1-6H3. The minimum atomic E-state index is 0.249. The Morgan fingerprint density at radius 1 is 0.944 bits per heavy atom. The molecule has 2 rings (SSSR count). The Hall–Kier alpha value is -0.820. The van der Waals surface area contributed by atoms with E-state index in [0.717, 1.165) is 6.54 Å². The van der Waals surface area contributed by atoms with Gasteiger partial charge in [0.15, 0.2) is 0 Å². The highest BCUT2D eigenvalue weighted by atomic mass is 15.2. The summed E-state index contributed by atoms with van der Waals surface area (Å²) < 4.78 is 0. The van der Waals surface area contributed by atoms with Gasteiger partial charge in [-0.3, -0.25) is 4.90 Å². The summed E-state index contributed by atoms with van der Waals surface area (Å²) in [6.07, 6.45) is 1.19. The van der Waals surface area contributed by atoms with Gasteiger partial charge in [0.1, 0.15) is 0 Å². The monoisotopic (exact) mass is 245 g/mol. The molecular formula is C17H27N. The fraction of sp³-hybridized carbons (Fsp3) is 0.647. The van der Waals surface area contributed by atoms with Gasteiger partial charge in [0, 0.05) is 18.6 Å². The first-order valence-corrected chi connectivity index (χ1v) is 7.05. The maximum Gasteiger partial charge on any atom is 0.0241 e. The van der Waals surface area contributed by atoms with E-state index in [0.29, 0.717) is 0 Å². The van der Waals surface area contributed by atoms with Crippen molar-refractivity contribution in [1.29, 1.82) is 0 Å². The van der Waals surface area contributed by atoms with Crippen LogP contribution in [0, 0.1) is 0 Å². The van der Waals surface area contributed by atoms with E-state index in [-0.39, 0.29) is 11.0 Å². The molecule has 0 saturated carbocycles. The van der Waals surface area contributed by atoms with Crippen LogP contribution in [0.25, 0.3) is 0 Å². The van der Waals surface area contributed by atoms with Crippen molar-refractivity contribution < 1.29 is 0 Å². The van der Waals surface area contributed by atoms with Gasteiger partial charge >= 0.3 is 0 Å². The molecule has 0 spiro atoms. The van der Waals surface area contributed by atoms with Crippen molar-refractivity contribution in [3.63, 3.8) is 0 Å². The summed E-state index contributed by atoms with van der Waals surface area (Å²) in [5.74, 6) is 0. The summed E-state index contributed by atoms with van der Waals surface area (Å²) in [6.45, 7) is 16.1. The van der Waals surface area contributed by atoms with Crippen molar-refractivity contribution in [1.82, 2.24) is 4.90 Å². The van der Waals surface area contributed by atoms with Gasteiger partial charge in [0.05, 0.1) is 0 Å². The molecule has 0 atom stereocenters. The largest absolute Gasteiger partial charge is 0.294 e. The summed E-state index contributed by atoms with van der Waals surface area (Å²) >= 11 is 0. The number of rotatable bonds is 0. The number of hydrogen-bond donors (Lipinski definition) is 0. The van der Waals surface area contributed by atoms with E-state index < -0.39 is 0 Å². The van der Waals surface area contributed by atoms with Gasteiger partial charge in [0.2, 0.25) is 0 Å². The topological polar surface area (TPSA) is 3.24 Å². The molecule has 0 N–H and O–H groups in total. The predicted octanol–water partition coefficient (Wildman–Crippen LogP) is 4.14. The van der Waals surface area contributed by atoms with Crippen molar-refractivity contribution in [3.05, 3.63) is 34.9 Å². The minimum absolute atomic E-state index is 0.249. The first kappa shape index (κ1) is 13.6. The van der Waals surface area contributed by atoms with E-state index in [4.69, 9.17) is 0 Å². The SMILES string of the molecule is CC(C)(C)c1ccc2c(c1)CN(C(C)(C)C)CC2. The first-order chi connectivity index (χ1) is 8.18. The van der Waals surface area contributed by atoms with Crippen molar-refractivity contribution in [2.45, 2.75) is 65.5 Å². The van der Waals surface area contributed by atoms with Crippen molar-refractivity contribution >= 4 is 0 Å². The second-order valence-electron chi connectivity index (χ2n) is 7.58. The second-order valence-corrected chi connectivity index (χ2v) is 7.58. The molecular weight excluding hydrogens is 218 g/mol. The zero-order valence-corrected chi connectivity index (χ0v) is 12.8. The van der Waals surface area contributed by atoms with Crippen LogP contribution in [-0.2, 0) is 18.4 Å². The van der Waals surface area contributed by atoms with E-state index in [1.807, 2.05) is 0 Å². The van der Waals surface area contributed by atoms with Gasteiger partial charge in [-0.05, 0) is 49.3 Å². The first-order valence-electron chi connectivity index (χ1n) is 7.05. The Morgan fingerprint density at radius 2 is 1.61 bits per heavy atom. The molecule has 0 fully saturated rings. The van der Waals surface area contributed by atoms with Gasteiger partial charge < -0.3 is 0 Å². The molecule has 0 bridgehead atoms. The van der Waals surface area contributed by atoms with E-state index in [1.165, 1.54) is 24.1 Å². The zero-order valence-electron chi connectivity index (χ0n) is 12.8. The average molecular weight is 245 g/mol. The normalized spacial score (nSPS) is 17.7. The number of benzene rings is 1. The smallest absolute Gasteiger partial charge is 0.0241 e. The van der Waals surface area contributed by atoms with Crippen molar-refractivity contribution in [3.8, 4) is 0 Å². The lowest BCUT2D eigenvalue weighted by Crippen LogP contribution is -2.44. The second kappa shape index (κ2) is 4.38. The van der Waals surface area contributed by atoms with E-state index in [1.54, 1.807) is 5.56 Å². The third-order valence-corrected chi connectivity index (χ3v) is 4.03. The fourth-order valence-corrected chi connectivity index (χ4v) is 2.60. The predicted molar refractivity (Wildman–Crippen MR) is 79.0 cm³/mol. The molecule has 0 radical (unpaired) electrons. The molecule has 1 nitrogen and oxygen atoms in total. The van der Waals surface area contributed by atoms with Crippen LogP contribution in [-0.4, -0.2) is 17.0 Å². The van der Waals surface area contributed by atoms with E-state index >= 15 is 0 Å². The molecule has 1 aromatic rings. The minimum Gasteiger partial charge on any atom is -0.294 e. The highest BCUT2D eigenvalue weighted by Crippen LogP contribution is 2.29. The summed E-state index contributed by atoms with van der Waals surface area (Å²) in [7, 11) is 0. The van der Waals surface area contributed by atoms with Gasteiger partial charge in [0.25, 0.3) is 0 Å². The quantitative estimate of drug-likeness (QED) is 0.664. The van der Waals surface area contributed by atoms with Crippen molar-refractivity contribution in [2.24, 2.45) is 0 Å². The van der Waals surface area contributed by atoms with Gasteiger partial charge in [-0.15, -0.1) is 0 Å². The summed E-state index contributed by atoms with van der Waals surface area (Å²) in [6, 6.07) is 7.08. The molecule has 0 unspecified atom stereocenters. The Morgan fingerprint density at radius 3 is 2.17 bits per heavy atom. The fourth-order valence-electron chi connectivity index (χ4n) is 2.60. The van der Waals surface area contributed by atoms with Crippen LogP contribution >= 0.6 is 0 Å². The van der Waals surface area contributed by atoms with Crippen LogP contribution < -0.4 is 0 Å². The maximum absolute atomic E-state index is 2.59. The van der Waals surface area contributed by atoms with Crippen LogP contribution in [0.4, 0.5) is 0 Å². The number of hydrogen-bond acceptors (Lipinski definition) is 1. The molecule has 100 valence electrons. The lowest BCUT2D eigenvalue weighted by Gasteiger charge is -2.39. The summed E-state index contributed by atoms with van der Waals surface area (Å²) in [4.78, 5) is 2.59. The lowest BCUT2D eigenvalue weighted by molar-refractivity contribution is 0.120. The summed E-state index contributed by atoms with van der Waals surface area (Å²) in [5.41, 5.74) is 5.05. The molecule has 1 aliphatic heterocycles. The van der Waals surface area contributed by atoms with E-state index in [2.05, 4.69) is 64.6 Å². The zero-order chi connectivity index (χ0) is 13.6. The van der Waals surface area contributed by atoms with Gasteiger partial charge in [-0.2, -0.15) is 0 Å². The molecule has 0 aliphatic carbocycles. The molecule has 1 heteroatoms. The van der Waals surface area contributed by atoms with Gasteiger partial charge in [-0.25, -0.2) is 0 Å². The maximum atomic E-state index is 2.59.